The number of nitrogens with one attached hydrogen (secondary N) is 1. The minimum absolute atomic E-state index is 0.0581. The summed E-state index contributed by atoms with van der Waals surface area (Å²) >= 11 is 0. The summed E-state index contributed by atoms with van der Waals surface area (Å²) in [6, 6.07) is 7.34. The van der Waals surface area contributed by atoms with Crippen molar-refractivity contribution in [3.8, 4) is 0 Å². The molecule has 0 radical (unpaired) electrons. The summed E-state index contributed by atoms with van der Waals surface area (Å²) in [7, 11) is 1.91. The molecule has 1 amide bonds. The van der Waals surface area contributed by atoms with Crippen molar-refractivity contribution in [2.24, 2.45) is 0 Å². The average molecular weight is 249 g/mol. The van der Waals surface area contributed by atoms with E-state index in [9.17, 15) is 4.79 Å². The highest BCUT2D eigenvalue weighted by Gasteiger charge is 2.17. The molecule has 1 rings (SSSR count). The molecular formula is C14H23N3O. The molecular weight excluding hydrogens is 226 g/mol. The van der Waals surface area contributed by atoms with Gasteiger partial charge < -0.3 is 16.0 Å². The molecule has 4 nitrogen and oxygen atoms in total. The number of hydrogen-bond donors (Lipinski definition) is 2. The highest BCUT2D eigenvalue weighted by molar-refractivity contribution is 5.84. The summed E-state index contributed by atoms with van der Waals surface area (Å²) in [5, 5.41) is 2.94. The first kappa shape index (κ1) is 14.4. The van der Waals surface area contributed by atoms with Gasteiger partial charge in [-0.3, -0.25) is 4.79 Å². The topological polar surface area (TPSA) is 58.4 Å². The lowest BCUT2D eigenvalue weighted by Crippen LogP contribution is -2.43. The van der Waals surface area contributed by atoms with Gasteiger partial charge in [0, 0.05) is 25.0 Å². The fourth-order valence-corrected chi connectivity index (χ4v) is 1.65. The standard InChI is InChI=1S/C14H23N3O/c1-4-5-10-16-14(18)11(2)17(3)13-8-6-12(15)7-9-13/h6-9,11H,4-5,10,15H2,1-3H3,(H,16,18). The van der Waals surface area contributed by atoms with Crippen molar-refractivity contribution in [1.82, 2.24) is 5.32 Å². The Morgan fingerprint density at radius 1 is 1.39 bits per heavy atom. The summed E-state index contributed by atoms with van der Waals surface area (Å²) < 4.78 is 0. The Morgan fingerprint density at radius 2 is 2.00 bits per heavy atom. The number of likely N-dealkylation sites (N-methyl/N-ethyl adjacent to an activating group) is 1. The van der Waals surface area contributed by atoms with Crippen LogP contribution in [0.15, 0.2) is 24.3 Å². The molecule has 0 aliphatic rings. The molecule has 0 aromatic heterocycles. The van der Waals surface area contributed by atoms with Crippen molar-refractivity contribution in [1.29, 1.82) is 0 Å². The summed E-state index contributed by atoms with van der Waals surface area (Å²) in [5.41, 5.74) is 7.36. The molecule has 0 fully saturated rings. The van der Waals surface area contributed by atoms with Gasteiger partial charge in [-0.1, -0.05) is 13.3 Å². The van der Waals surface area contributed by atoms with Crippen LogP contribution in [0, 0.1) is 0 Å². The normalized spacial score (nSPS) is 11.9. The zero-order valence-corrected chi connectivity index (χ0v) is 11.4. The zero-order valence-electron chi connectivity index (χ0n) is 11.4. The number of carbonyl (C=O) groups is 1. The number of nitrogen functional groups attached to an aromatic ring is 1. The van der Waals surface area contributed by atoms with Crippen molar-refractivity contribution < 1.29 is 4.79 Å². The maximum Gasteiger partial charge on any atom is 0.242 e. The molecule has 0 spiro atoms. The molecule has 4 heteroatoms. The summed E-state index contributed by atoms with van der Waals surface area (Å²) in [5.74, 6) is 0.0581. The van der Waals surface area contributed by atoms with Crippen molar-refractivity contribution in [2.75, 3.05) is 24.2 Å². The molecule has 18 heavy (non-hydrogen) atoms. The van der Waals surface area contributed by atoms with Gasteiger partial charge in [0.2, 0.25) is 5.91 Å². The third-order valence-electron chi connectivity index (χ3n) is 3.09. The first-order valence-corrected chi connectivity index (χ1v) is 6.42. The highest BCUT2D eigenvalue weighted by Crippen LogP contribution is 2.17. The van der Waals surface area contributed by atoms with Crippen LogP contribution < -0.4 is 16.0 Å². The number of benzene rings is 1. The SMILES string of the molecule is CCCCNC(=O)C(C)N(C)c1ccc(N)cc1. The van der Waals surface area contributed by atoms with Gasteiger partial charge in [-0.05, 0) is 37.6 Å². The van der Waals surface area contributed by atoms with E-state index in [1.54, 1.807) is 0 Å². The van der Waals surface area contributed by atoms with Crippen LogP contribution in [0.3, 0.4) is 0 Å². The van der Waals surface area contributed by atoms with Gasteiger partial charge in [-0.25, -0.2) is 0 Å². The Morgan fingerprint density at radius 3 is 2.56 bits per heavy atom. The zero-order chi connectivity index (χ0) is 13.5. The van der Waals surface area contributed by atoms with Crippen LogP contribution in [0.5, 0.6) is 0 Å². The molecule has 0 bridgehead atoms. The van der Waals surface area contributed by atoms with Crippen LogP contribution in [-0.2, 0) is 4.79 Å². The molecule has 0 aliphatic heterocycles. The van der Waals surface area contributed by atoms with E-state index in [1.807, 2.05) is 43.1 Å². The van der Waals surface area contributed by atoms with Gasteiger partial charge in [-0.2, -0.15) is 0 Å². The predicted molar refractivity (Wildman–Crippen MR) is 76.6 cm³/mol. The number of hydrogen-bond acceptors (Lipinski definition) is 3. The largest absolute Gasteiger partial charge is 0.399 e. The second-order valence-electron chi connectivity index (χ2n) is 4.52. The molecule has 0 saturated heterocycles. The van der Waals surface area contributed by atoms with E-state index in [2.05, 4.69) is 12.2 Å². The molecule has 100 valence electrons. The predicted octanol–water partition coefficient (Wildman–Crippen LogP) is 2.01. The first-order valence-electron chi connectivity index (χ1n) is 6.42. The second-order valence-corrected chi connectivity index (χ2v) is 4.52. The van der Waals surface area contributed by atoms with Gasteiger partial charge in [-0.15, -0.1) is 0 Å². The molecule has 3 N–H and O–H groups in total. The summed E-state index contributed by atoms with van der Waals surface area (Å²) in [4.78, 5) is 13.9. The van der Waals surface area contributed by atoms with Gasteiger partial charge in [0.15, 0.2) is 0 Å². The fourth-order valence-electron chi connectivity index (χ4n) is 1.65. The lowest BCUT2D eigenvalue weighted by Gasteiger charge is -2.26. The van der Waals surface area contributed by atoms with Gasteiger partial charge in [0.1, 0.15) is 6.04 Å². The number of unbranched alkanes of at least 4 members (excludes halogenated alkanes) is 1. The van der Waals surface area contributed by atoms with Crippen LogP contribution in [0.1, 0.15) is 26.7 Å². The van der Waals surface area contributed by atoms with Crippen molar-refractivity contribution in [2.45, 2.75) is 32.7 Å². The molecule has 1 unspecified atom stereocenters. The van der Waals surface area contributed by atoms with E-state index in [0.717, 1.165) is 30.8 Å². The number of carbonyl (C=O) groups excluding carboxylic acids is 1. The summed E-state index contributed by atoms with van der Waals surface area (Å²) in [6.07, 6.45) is 2.10. The molecule has 0 aliphatic carbocycles. The second kappa shape index (κ2) is 6.89. The molecule has 1 aromatic carbocycles. The first-order chi connectivity index (χ1) is 8.56. The van der Waals surface area contributed by atoms with E-state index in [1.165, 1.54) is 0 Å². The molecule has 1 aromatic rings. The maximum atomic E-state index is 11.9. The Kier molecular flexibility index (Phi) is 5.49. The van der Waals surface area contributed by atoms with Crippen LogP contribution in [0.2, 0.25) is 0 Å². The molecule has 0 heterocycles. The van der Waals surface area contributed by atoms with Crippen LogP contribution in [0.25, 0.3) is 0 Å². The Hall–Kier alpha value is -1.71. The van der Waals surface area contributed by atoms with E-state index in [-0.39, 0.29) is 11.9 Å². The van der Waals surface area contributed by atoms with Crippen LogP contribution in [-0.4, -0.2) is 25.5 Å². The maximum absolute atomic E-state index is 11.9. The number of nitrogens with zero attached hydrogens (tertiary/aromatic N) is 1. The summed E-state index contributed by atoms with van der Waals surface area (Å²) in [6.45, 7) is 4.75. The Balaban J connectivity index is 2.57. The minimum atomic E-state index is -0.189. The van der Waals surface area contributed by atoms with E-state index in [0.29, 0.717) is 0 Å². The Bertz CT molecular complexity index is 375. The lowest BCUT2D eigenvalue weighted by molar-refractivity contribution is -0.122. The number of amides is 1. The average Bonchev–Trinajstić information content (AvgIpc) is 2.38. The molecule has 0 saturated carbocycles. The highest BCUT2D eigenvalue weighted by atomic mass is 16.2. The number of rotatable bonds is 6. The van der Waals surface area contributed by atoms with E-state index in [4.69, 9.17) is 5.73 Å². The van der Waals surface area contributed by atoms with Crippen molar-refractivity contribution >= 4 is 17.3 Å². The lowest BCUT2D eigenvalue weighted by atomic mass is 10.2. The molecule has 1 atom stereocenters. The third-order valence-corrected chi connectivity index (χ3v) is 3.09. The van der Waals surface area contributed by atoms with Crippen molar-refractivity contribution in [3.63, 3.8) is 0 Å². The van der Waals surface area contributed by atoms with Gasteiger partial charge >= 0.3 is 0 Å². The van der Waals surface area contributed by atoms with Crippen LogP contribution >= 0.6 is 0 Å². The third kappa shape index (κ3) is 3.95. The van der Waals surface area contributed by atoms with Gasteiger partial charge in [0.05, 0.1) is 0 Å². The number of nitrogens with two attached hydrogens (primary N) is 1. The Labute approximate surface area is 109 Å². The number of anilines is 2. The quantitative estimate of drug-likeness (QED) is 0.599. The van der Waals surface area contributed by atoms with Gasteiger partial charge in [0.25, 0.3) is 0 Å². The minimum Gasteiger partial charge on any atom is -0.399 e. The fraction of sp³-hybridized carbons (Fsp3) is 0.500. The van der Waals surface area contributed by atoms with E-state index < -0.39 is 0 Å². The smallest absolute Gasteiger partial charge is 0.242 e. The monoisotopic (exact) mass is 249 g/mol. The van der Waals surface area contributed by atoms with Crippen LogP contribution in [0.4, 0.5) is 11.4 Å². The van der Waals surface area contributed by atoms with E-state index >= 15 is 0 Å². The van der Waals surface area contributed by atoms with Crippen molar-refractivity contribution in [3.05, 3.63) is 24.3 Å².